The van der Waals surface area contributed by atoms with Gasteiger partial charge in [-0.3, -0.25) is 19.2 Å². The highest BCUT2D eigenvalue weighted by atomic mass is 32.1. The van der Waals surface area contributed by atoms with Crippen LogP contribution in [0.2, 0.25) is 0 Å². The summed E-state index contributed by atoms with van der Waals surface area (Å²) in [7, 11) is 0. The molecule has 0 bridgehead atoms. The molecule has 1 saturated heterocycles. The number of nitrogens with two attached hydrogens (primary N) is 2. The lowest BCUT2D eigenvalue weighted by Gasteiger charge is -2.29. The molecule has 4 unspecified atom stereocenters. The molecule has 14 heteroatoms. The molecule has 4 atom stereocenters. The Morgan fingerprint density at radius 2 is 2.00 bits per heavy atom. The predicted octanol–water partition coefficient (Wildman–Crippen LogP) is -2.87. The zero-order chi connectivity index (χ0) is 23.8. The molecule has 4 amide bonds. The molecule has 1 aliphatic heterocycles. The monoisotopic (exact) mass is 469 g/mol. The average molecular weight is 470 g/mol. The minimum absolute atomic E-state index is 0.0361. The number of aromatic amines is 1. The van der Waals surface area contributed by atoms with Crippen LogP contribution < -0.4 is 22.1 Å². The van der Waals surface area contributed by atoms with E-state index < -0.39 is 60.2 Å². The number of carbonyl (C=O) groups is 5. The van der Waals surface area contributed by atoms with Crippen molar-refractivity contribution >= 4 is 42.2 Å². The Hall–Kier alpha value is -3.13. The number of carboxylic acids is 1. The lowest BCUT2D eigenvalue weighted by atomic mass is 10.1. The fourth-order valence-corrected chi connectivity index (χ4v) is 3.61. The van der Waals surface area contributed by atoms with Crippen molar-refractivity contribution in [3.05, 3.63) is 18.2 Å². The third-order valence-electron chi connectivity index (χ3n) is 4.99. The highest BCUT2D eigenvalue weighted by Crippen LogP contribution is 2.19. The fourth-order valence-electron chi connectivity index (χ4n) is 3.36. The summed E-state index contributed by atoms with van der Waals surface area (Å²) in [6.45, 7) is 0.241. The summed E-state index contributed by atoms with van der Waals surface area (Å²) in [6.07, 6.45) is 3.40. The van der Waals surface area contributed by atoms with Gasteiger partial charge in [-0.25, -0.2) is 9.78 Å². The van der Waals surface area contributed by atoms with Crippen LogP contribution in [0.4, 0.5) is 0 Å². The van der Waals surface area contributed by atoms with Gasteiger partial charge in [-0.2, -0.15) is 12.6 Å². The van der Waals surface area contributed by atoms with Gasteiger partial charge in [0, 0.05) is 30.6 Å². The number of nitrogens with one attached hydrogen (secondary N) is 3. The van der Waals surface area contributed by atoms with Crippen LogP contribution in [-0.2, 0) is 30.4 Å². The largest absolute Gasteiger partial charge is 0.480 e. The maximum Gasteiger partial charge on any atom is 0.326 e. The smallest absolute Gasteiger partial charge is 0.326 e. The summed E-state index contributed by atoms with van der Waals surface area (Å²) in [5.74, 6) is -4.17. The normalized spacial score (nSPS) is 18.4. The zero-order valence-electron chi connectivity index (χ0n) is 17.2. The van der Waals surface area contributed by atoms with E-state index in [1.165, 1.54) is 17.4 Å². The lowest BCUT2D eigenvalue weighted by Crippen LogP contribution is -2.57. The van der Waals surface area contributed by atoms with E-state index >= 15 is 0 Å². The van der Waals surface area contributed by atoms with Crippen molar-refractivity contribution in [1.29, 1.82) is 0 Å². The SMILES string of the molecule is NC(=O)CC(NC(=O)C1CCCN1C(=O)C(CS)NC(=O)C(N)Cc1cnc[nH]1)C(=O)O. The van der Waals surface area contributed by atoms with Gasteiger partial charge in [-0.15, -0.1) is 0 Å². The second kappa shape index (κ2) is 11.5. The first-order chi connectivity index (χ1) is 15.1. The second-order valence-corrected chi connectivity index (χ2v) is 7.76. The van der Waals surface area contributed by atoms with E-state index in [2.05, 4.69) is 33.2 Å². The number of likely N-dealkylation sites (tertiary alicyclic amines) is 1. The number of carboxylic acid groups (broad SMARTS) is 1. The number of primary amides is 1. The highest BCUT2D eigenvalue weighted by molar-refractivity contribution is 7.80. The molecule has 0 aromatic carbocycles. The van der Waals surface area contributed by atoms with E-state index in [0.29, 0.717) is 18.5 Å². The lowest BCUT2D eigenvalue weighted by molar-refractivity contribution is -0.145. The molecular weight excluding hydrogens is 442 g/mol. The van der Waals surface area contributed by atoms with E-state index in [-0.39, 0.29) is 18.7 Å². The number of aromatic nitrogens is 2. The molecule has 0 saturated carbocycles. The predicted molar refractivity (Wildman–Crippen MR) is 114 cm³/mol. The second-order valence-electron chi connectivity index (χ2n) is 7.39. The molecule has 0 spiro atoms. The summed E-state index contributed by atoms with van der Waals surface area (Å²) < 4.78 is 0. The Balaban J connectivity index is 2.01. The minimum atomic E-state index is -1.50. The van der Waals surface area contributed by atoms with E-state index in [1.54, 1.807) is 0 Å². The summed E-state index contributed by atoms with van der Waals surface area (Å²) >= 11 is 4.13. The van der Waals surface area contributed by atoms with Gasteiger partial charge >= 0.3 is 5.97 Å². The molecule has 1 fully saturated rings. The molecular formula is C18H27N7O6S. The zero-order valence-corrected chi connectivity index (χ0v) is 18.1. The van der Waals surface area contributed by atoms with Crippen LogP contribution >= 0.6 is 12.6 Å². The average Bonchev–Trinajstić information content (AvgIpc) is 3.42. The van der Waals surface area contributed by atoms with Crippen LogP contribution in [0.5, 0.6) is 0 Å². The number of amides is 4. The Bertz CT molecular complexity index is 849. The molecule has 0 radical (unpaired) electrons. The van der Waals surface area contributed by atoms with Gasteiger partial charge in [0.2, 0.25) is 23.6 Å². The standard InChI is InChI=1S/C18H27N7O6S/c19-10(4-9-6-21-8-22-9)15(27)24-12(7-32)17(29)25-3-1-2-13(25)16(28)23-11(18(30)31)5-14(20)26/h6,8,10-13,32H,1-5,7,19H2,(H2,20,26)(H,21,22)(H,23,28)(H,24,27)(H,30,31). The van der Waals surface area contributed by atoms with Crippen LogP contribution in [-0.4, -0.2) is 86.0 Å². The molecule has 32 heavy (non-hydrogen) atoms. The van der Waals surface area contributed by atoms with Crippen molar-refractivity contribution in [3.8, 4) is 0 Å². The van der Waals surface area contributed by atoms with Crippen molar-refractivity contribution in [2.45, 2.75) is 49.9 Å². The number of H-pyrrole nitrogens is 1. The van der Waals surface area contributed by atoms with Crippen LogP contribution in [0.3, 0.4) is 0 Å². The number of carbonyl (C=O) groups excluding carboxylic acids is 4. The molecule has 1 aliphatic rings. The van der Waals surface area contributed by atoms with E-state index in [4.69, 9.17) is 11.5 Å². The van der Waals surface area contributed by atoms with Crippen LogP contribution in [0, 0.1) is 0 Å². The highest BCUT2D eigenvalue weighted by Gasteiger charge is 2.39. The van der Waals surface area contributed by atoms with Crippen LogP contribution in [0.15, 0.2) is 12.5 Å². The van der Waals surface area contributed by atoms with Crippen molar-refractivity contribution in [3.63, 3.8) is 0 Å². The number of hydrogen-bond acceptors (Lipinski definition) is 8. The number of aliphatic carboxylic acids is 1. The third kappa shape index (κ3) is 6.68. The maximum atomic E-state index is 13.0. The Labute approximate surface area is 189 Å². The molecule has 0 aliphatic carbocycles. The van der Waals surface area contributed by atoms with E-state index in [0.717, 1.165) is 0 Å². The van der Waals surface area contributed by atoms with Gasteiger partial charge in [-0.1, -0.05) is 0 Å². The number of rotatable bonds is 11. The molecule has 176 valence electrons. The molecule has 13 nitrogen and oxygen atoms in total. The van der Waals surface area contributed by atoms with Gasteiger partial charge in [0.25, 0.3) is 0 Å². The number of thiol groups is 1. The number of imidazole rings is 1. The fraction of sp³-hybridized carbons (Fsp3) is 0.556. The van der Waals surface area contributed by atoms with Crippen molar-refractivity contribution in [2.24, 2.45) is 11.5 Å². The molecule has 8 N–H and O–H groups in total. The summed E-state index contributed by atoms with van der Waals surface area (Å²) in [5, 5.41) is 14.0. The van der Waals surface area contributed by atoms with Crippen LogP contribution in [0.1, 0.15) is 25.0 Å². The first-order valence-corrected chi connectivity index (χ1v) is 10.5. The number of nitrogens with zero attached hydrogens (tertiary/aromatic N) is 2. The Morgan fingerprint density at radius 3 is 2.56 bits per heavy atom. The van der Waals surface area contributed by atoms with E-state index in [9.17, 15) is 29.1 Å². The van der Waals surface area contributed by atoms with Crippen molar-refractivity contribution in [1.82, 2.24) is 25.5 Å². The Kier molecular flexibility index (Phi) is 9.02. The molecule has 1 aromatic rings. The minimum Gasteiger partial charge on any atom is -0.480 e. The molecule has 2 heterocycles. The van der Waals surface area contributed by atoms with Gasteiger partial charge < -0.3 is 37.1 Å². The van der Waals surface area contributed by atoms with Gasteiger partial charge in [0.15, 0.2) is 0 Å². The molecule has 2 rings (SSSR count). The van der Waals surface area contributed by atoms with Crippen LogP contribution in [0.25, 0.3) is 0 Å². The number of hydrogen-bond donors (Lipinski definition) is 7. The topological polar surface area (TPSA) is 214 Å². The van der Waals surface area contributed by atoms with Gasteiger partial charge in [0.1, 0.15) is 18.1 Å². The third-order valence-corrected chi connectivity index (χ3v) is 5.35. The first kappa shape index (κ1) is 25.1. The maximum absolute atomic E-state index is 13.0. The Morgan fingerprint density at radius 1 is 1.28 bits per heavy atom. The quantitative estimate of drug-likeness (QED) is 0.167. The molecule has 1 aromatic heterocycles. The van der Waals surface area contributed by atoms with Gasteiger partial charge in [0.05, 0.1) is 18.8 Å². The summed E-state index contributed by atoms with van der Waals surface area (Å²) in [5.41, 5.74) is 11.6. The summed E-state index contributed by atoms with van der Waals surface area (Å²) in [4.78, 5) is 68.3. The van der Waals surface area contributed by atoms with Crippen molar-refractivity contribution in [2.75, 3.05) is 12.3 Å². The summed E-state index contributed by atoms with van der Waals surface area (Å²) in [6, 6.07) is -4.42. The first-order valence-electron chi connectivity index (χ1n) is 9.90. The van der Waals surface area contributed by atoms with Crippen molar-refractivity contribution < 1.29 is 29.1 Å². The van der Waals surface area contributed by atoms with Gasteiger partial charge in [-0.05, 0) is 12.8 Å². The van der Waals surface area contributed by atoms with E-state index in [1.807, 2.05) is 0 Å².